The maximum Gasteiger partial charge on any atom is 0.380 e. The second kappa shape index (κ2) is 51.2. The fourth-order valence-electron chi connectivity index (χ4n) is 14.7. The van der Waals surface area contributed by atoms with Gasteiger partial charge in [-0.25, -0.2) is 45.6 Å². The molecule has 4 fully saturated rings. The highest BCUT2D eigenvalue weighted by atomic mass is 32.1. The van der Waals surface area contributed by atoms with Crippen molar-refractivity contribution in [2.45, 2.75) is 232 Å². The van der Waals surface area contributed by atoms with Crippen molar-refractivity contribution in [3.8, 4) is 23.0 Å². The molecule has 9 N–H and O–H groups in total. The second-order valence-electron chi connectivity index (χ2n) is 36.2. The summed E-state index contributed by atoms with van der Waals surface area (Å²) in [6, 6.07) is 38.5. The average Bonchev–Trinajstić information content (AvgIpc) is 1.63. The van der Waals surface area contributed by atoms with Gasteiger partial charge in [-0.1, -0.05) is 125 Å². The lowest BCUT2D eigenvalue weighted by Gasteiger charge is -2.27. The number of nitrogens with one attached hydrogen (secondary N) is 3. The summed E-state index contributed by atoms with van der Waals surface area (Å²) < 4.78 is 210. The number of H-pyrrole nitrogens is 3. The Hall–Kier alpha value is -9.06. The molecule has 0 bridgehead atoms. The summed E-state index contributed by atoms with van der Waals surface area (Å²) in [5.74, 6) is -4.53. The summed E-state index contributed by atoms with van der Waals surface area (Å²) in [5, 5.41) is 43.4. The van der Waals surface area contributed by atoms with Crippen molar-refractivity contribution in [3.63, 3.8) is 0 Å². The highest BCUT2D eigenvalue weighted by Gasteiger charge is 2.60. The standard InChI is InChI=1S/C23H31FN3O7PS.2C23H30FN2O8PS.C23H30FN2O7PS2/c1-14(2)32-20(28)15(3)13-35(30,34-16-8-6-5-7-9-16)31-12-17-19(24)23(4,29)21(33-17)27-11-10-18(25)26-22(27)36;1-14(2)32-20(27)15(3)13-35(30,34-16-8-6-5-7-9-16)31-12-17-19(24)23(4,29)21(33-17)26-11-10-18(36)25-22(26)28;1-14(2)32-20(28)15(3)13-35(30,34-16-8-6-5-7-9-16)31-12-17-19(24)23(4,29)21(33-17)26-11-10-18(27)25-22(26)36;1-14(2)31-20(27)15(3)13-34(29,33-16-8-6-5-7-9-16)30-12-17-19(24)23(4,28)21(32-17)26-11-10-18(35)25-22(26)36/h5-11,14-15,17,19,21,29H,12-13H2,1-4H3,(H2,25,26,36);5-11,14-15,17,19,21,29H,12-13H2,1-4H3,(H,25,28,36);5-11,14-15,17,19,21,29H,12-13H2,1-4H3,(H,25,27,36);5-11,14-15,17,19,21,28H,12-13H2,1-4H3,(H,25,35,36)/t3*15-,17-,19+,21-,23?,35?;15-,17-,19+,21-,23?,34?/m1111/s1. The van der Waals surface area contributed by atoms with E-state index in [2.05, 4.69) is 19.9 Å². The van der Waals surface area contributed by atoms with Crippen LogP contribution in [-0.2, 0) is 93.4 Å². The largest absolute Gasteiger partial charge is 0.463 e. The van der Waals surface area contributed by atoms with Crippen molar-refractivity contribution in [1.82, 2.24) is 38.2 Å². The summed E-state index contributed by atoms with van der Waals surface area (Å²) in [7, 11) is -16.1. The highest BCUT2D eigenvalue weighted by molar-refractivity contribution is 7.72. The number of aromatic nitrogens is 8. The molecule has 4 aromatic heterocycles. The predicted molar refractivity (Wildman–Crippen MR) is 531 cm³/mol. The number of hydrogen-bond acceptors (Lipinski definition) is 37. The first kappa shape index (κ1) is 118. The molecule has 39 nitrogen and oxygen atoms in total. The number of halogens is 4. The minimum atomic E-state index is -4.04. The molecule has 0 radical (unpaired) electrons. The van der Waals surface area contributed by atoms with Crippen LogP contribution >= 0.6 is 91.5 Å². The summed E-state index contributed by atoms with van der Waals surface area (Å²) >= 11 is 25.5. The number of hydrogen-bond donors (Lipinski definition) is 8. The van der Waals surface area contributed by atoms with Crippen LogP contribution < -0.4 is 35.1 Å². The quantitative estimate of drug-likeness (QED) is 0.00581. The van der Waals surface area contributed by atoms with Crippen molar-refractivity contribution in [2.24, 2.45) is 23.7 Å². The zero-order valence-corrected chi connectivity index (χ0v) is 89.1. The first-order chi connectivity index (χ1) is 67.3. The molecule has 0 saturated carbocycles. The van der Waals surface area contributed by atoms with Crippen LogP contribution in [0.4, 0.5) is 23.4 Å². The van der Waals surface area contributed by atoms with Gasteiger partial charge in [-0.05, 0) is 186 Å². The van der Waals surface area contributed by atoms with E-state index in [0.717, 1.165) is 10.6 Å². The number of esters is 4. The number of ether oxygens (including phenoxy) is 8. The van der Waals surface area contributed by atoms with Gasteiger partial charge < -0.3 is 87.1 Å². The van der Waals surface area contributed by atoms with E-state index in [9.17, 15) is 67.5 Å². The van der Waals surface area contributed by atoms with Gasteiger partial charge in [0.05, 0.1) is 99.2 Å². The molecule has 4 aromatic carbocycles. The van der Waals surface area contributed by atoms with Gasteiger partial charge in [0, 0.05) is 30.9 Å². The number of carbonyl (C=O) groups excluding carboxylic acids is 4. The lowest BCUT2D eigenvalue weighted by atomic mass is 9.98. The van der Waals surface area contributed by atoms with E-state index in [1.165, 1.54) is 105 Å². The van der Waals surface area contributed by atoms with E-state index in [-0.39, 0.29) is 96.8 Å². The molecular weight excluding hydrogens is 2070 g/mol. The maximum absolute atomic E-state index is 15.3. The van der Waals surface area contributed by atoms with Crippen molar-refractivity contribution in [2.75, 3.05) is 56.8 Å². The zero-order valence-electron chi connectivity index (χ0n) is 81.4. The third kappa shape index (κ3) is 32.5. The molecule has 0 spiro atoms. The Bertz CT molecular complexity index is 5870. The van der Waals surface area contributed by atoms with Gasteiger partial charge in [0.25, 0.3) is 5.56 Å². The number of nitrogens with zero attached hydrogens (tertiary/aromatic N) is 5. The van der Waals surface area contributed by atoms with Crippen LogP contribution in [0.1, 0.15) is 136 Å². The summed E-state index contributed by atoms with van der Waals surface area (Å²) in [4.78, 5) is 84.6. The first-order valence-electron chi connectivity index (χ1n) is 45.4. The predicted octanol–water partition coefficient (Wildman–Crippen LogP) is 16.7. The molecule has 8 aromatic rings. The molecule has 8 unspecified atom stereocenters. The van der Waals surface area contributed by atoms with E-state index >= 15 is 17.6 Å². The highest BCUT2D eigenvalue weighted by Crippen LogP contribution is 2.57. The van der Waals surface area contributed by atoms with Gasteiger partial charge in [-0.3, -0.25) is 70.3 Å². The van der Waals surface area contributed by atoms with Crippen LogP contribution in [0.15, 0.2) is 180 Å². The van der Waals surface area contributed by atoms with Crippen molar-refractivity contribution in [1.29, 1.82) is 0 Å². The molecule has 144 heavy (non-hydrogen) atoms. The van der Waals surface area contributed by atoms with Crippen LogP contribution in [0.25, 0.3) is 0 Å². The van der Waals surface area contributed by atoms with E-state index in [0.29, 0.717) is 4.64 Å². The smallest absolute Gasteiger partial charge is 0.380 e. The maximum atomic E-state index is 15.3. The van der Waals surface area contributed by atoms with Gasteiger partial charge in [0.15, 0.2) is 59.1 Å². The Morgan fingerprint density at radius 3 is 0.882 bits per heavy atom. The third-order valence-corrected chi connectivity index (χ3v) is 31.4. The van der Waals surface area contributed by atoms with Crippen LogP contribution in [-0.4, -0.2) is 230 Å². The van der Waals surface area contributed by atoms with Crippen LogP contribution in [0.3, 0.4) is 0 Å². The monoisotopic (exact) mass is 2190 g/mol. The number of nitrogens with two attached hydrogens (primary N) is 1. The minimum absolute atomic E-state index is 0.00962. The normalized spacial score (nSPS) is 26.4. The molecule has 792 valence electrons. The number of aliphatic hydroxyl groups is 4. The summed E-state index contributed by atoms with van der Waals surface area (Å²) in [6.07, 6.45) is -15.6. The number of benzene rings is 4. The van der Waals surface area contributed by atoms with E-state index in [4.69, 9.17) is 141 Å². The molecule has 4 saturated heterocycles. The fraction of sp³-hybridized carbons (Fsp3) is 0.522. The number of nitrogen functional groups attached to an aromatic ring is 1. The number of para-hydroxylation sites is 4. The van der Waals surface area contributed by atoms with Gasteiger partial charge in [-0.15, -0.1) is 0 Å². The van der Waals surface area contributed by atoms with Crippen LogP contribution in [0, 0.1) is 47.3 Å². The number of aromatic amines is 3. The molecule has 12 rings (SSSR count). The van der Waals surface area contributed by atoms with E-state index in [1.54, 1.807) is 184 Å². The summed E-state index contributed by atoms with van der Waals surface area (Å²) in [5.41, 5.74) is -3.70. The molecular formula is C92H121F4N9O30P4S5. The third-order valence-electron chi connectivity index (χ3n) is 21.9. The van der Waals surface area contributed by atoms with E-state index in [1.807, 2.05) is 0 Å². The van der Waals surface area contributed by atoms with Gasteiger partial charge in [-0.2, -0.15) is 0 Å². The molecule has 0 amide bonds. The van der Waals surface area contributed by atoms with Gasteiger partial charge >= 0.3 is 60.0 Å². The molecule has 24 atom stereocenters. The first-order valence-corrected chi connectivity index (χ1v) is 54.4. The molecule has 4 aliphatic rings. The Morgan fingerprint density at radius 2 is 0.625 bits per heavy atom. The molecule has 52 heteroatoms. The Balaban J connectivity index is 0.000000214. The van der Waals surface area contributed by atoms with Gasteiger partial charge in [0.1, 0.15) is 84.9 Å². The second-order valence-corrected chi connectivity index (χ2v) is 46.4. The SMILES string of the molecule is CC(C)OC(=O)[C@H](C)CP(=O)(OC[C@H]1O[C@@H](n2ccc(=O)[nH]c2=S)C(C)(O)[C@H]1F)Oc1ccccc1.CC(C)OC(=O)[C@H](C)CP(=O)(OC[C@H]1O[C@@H](n2ccc(=S)[nH]c2=O)C(C)(O)[C@H]1F)Oc1ccccc1.CC(C)OC(=O)[C@H](C)CP(=O)(OC[C@H]1O[C@@H](n2ccc(=S)[nH]c2=S)C(C)(O)[C@H]1F)Oc1ccccc1.CC(C)OC(=O)[C@H](C)CP(=O)(OC[C@H]1O[C@@H](n2ccc(N)nc2=S)C(C)(O)[C@H]1F)Oc1ccccc1. The minimum Gasteiger partial charge on any atom is -0.463 e. The van der Waals surface area contributed by atoms with E-state index < -0.39 is 212 Å². The Morgan fingerprint density at radius 1 is 0.382 bits per heavy atom. The average molecular weight is 2190 g/mol. The lowest BCUT2D eigenvalue weighted by molar-refractivity contribution is -0.152. The number of rotatable bonds is 40. The number of carbonyl (C=O) groups is 4. The topological polar surface area (TPSA) is 505 Å². The summed E-state index contributed by atoms with van der Waals surface area (Å²) in [6.45, 7) is 22.4. The molecule has 0 aliphatic carbocycles. The fourth-order valence-corrected chi connectivity index (χ4v) is 23.3. The van der Waals surface area contributed by atoms with Crippen LogP contribution in [0.2, 0.25) is 0 Å². The molecule has 4 aliphatic heterocycles. The van der Waals surface area contributed by atoms with Gasteiger partial charge in [0.2, 0.25) is 4.77 Å². The van der Waals surface area contributed by atoms with Crippen molar-refractivity contribution in [3.05, 3.63) is 215 Å². The Kier molecular flexibility index (Phi) is 42.2. The Labute approximate surface area is 853 Å². The van der Waals surface area contributed by atoms with Crippen molar-refractivity contribution >= 4 is 121 Å². The van der Waals surface area contributed by atoms with Crippen molar-refractivity contribution < 1.29 is 150 Å². The number of alkyl halides is 4. The lowest BCUT2D eigenvalue weighted by Crippen LogP contribution is -2.44. The van der Waals surface area contributed by atoms with Crippen LogP contribution in [0.5, 0.6) is 23.0 Å². The number of anilines is 1. The zero-order chi connectivity index (χ0) is 107. The molecule has 8 heterocycles.